The van der Waals surface area contributed by atoms with E-state index in [-0.39, 0.29) is 81.1 Å². The van der Waals surface area contributed by atoms with Crippen molar-refractivity contribution in [2.75, 3.05) is 6.61 Å². The van der Waals surface area contributed by atoms with Crippen LogP contribution in [0.2, 0.25) is 0 Å². The lowest BCUT2D eigenvalue weighted by Gasteiger charge is -2.30. The van der Waals surface area contributed by atoms with Gasteiger partial charge in [-0.2, -0.15) is 0 Å². The molecular weight excluding hydrogens is 1040 g/mol. The molecule has 0 saturated carbocycles. The highest BCUT2D eigenvalue weighted by Gasteiger charge is 2.37. The van der Waals surface area contributed by atoms with Gasteiger partial charge < -0.3 is 63.6 Å². The van der Waals surface area contributed by atoms with E-state index >= 15 is 0 Å². The van der Waals surface area contributed by atoms with Crippen LogP contribution < -0.4 is 48.3 Å². The number of carboxylic acids is 1. The van der Waals surface area contributed by atoms with Crippen molar-refractivity contribution in [1.29, 1.82) is 0 Å². The minimum absolute atomic E-state index is 0.0735. The Kier molecular flexibility index (Phi) is 38.0. The lowest BCUT2D eigenvalue weighted by atomic mass is 9.97. The number of aliphatic hydroxyl groups excluding tert-OH is 2. The third kappa shape index (κ3) is 33.4. The molecule has 9 amide bonds. The van der Waals surface area contributed by atoms with Crippen molar-refractivity contribution in [3.05, 3.63) is 0 Å². The maximum absolute atomic E-state index is 14.3. The second-order valence-electron chi connectivity index (χ2n) is 24.5. The van der Waals surface area contributed by atoms with Gasteiger partial charge >= 0.3 is 5.97 Å². The zero-order chi connectivity index (χ0) is 62.1. The second-order valence-corrected chi connectivity index (χ2v) is 24.5. The number of hydrogen-bond donors (Lipinski definition) is 12. The van der Waals surface area contributed by atoms with Crippen molar-refractivity contribution in [2.24, 2.45) is 47.2 Å². The first kappa shape index (κ1) is 75.6. The molecule has 0 fully saturated rings. The van der Waals surface area contributed by atoms with Gasteiger partial charge in [-0.05, 0) is 80.0 Å². The number of unbranched alkanes of at least 4 members (excludes halogenated alkanes) is 5. The normalized spacial score (nSPS) is 15.7. The summed E-state index contributed by atoms with van der Waals surface area (Å²) < 4.78 is 0. The number of carbonyl (C=O) groups excluding carboxylic acids is 9. The van der Waals surface area contributed by atoms with Crippen LogP contribution in [0.25, 0.3) is 0 Å². The molecule has 0 aromatic carbocycles. The molecule has 0 rings (SSSR count). The summed E-state index contributed by atoms with van der Waals surface area (Å²) in [5, 5.41) is 51.7. The zero-order valence-corrected chi connectivity index (χ0v) is 51.7. The van der Waals surface area contributed by atoms with Crippen LogP contribution in [0, 0.1) is 41.4 Å². The molecule has 0 aromatic rings. The Morgan fingerprint density at radius 2 is 0.815 bits per heavy atom. The maximum Gasteiger partial charge on any atom is 0.305 e. The smallest absolute Gasteiger partial charge is 0.305 e. The molecule has 0 aliphatic carbocycles. The largest absolute Gasteiger partial charge is 0.481 e. The van der Waals surface area contributed by atoms with Gasteiger partial charge in [-0.15, -0.1) is 0 Å². The first-order valence-corrected chi connectivity index (χ1v) is 30.1. The van der Waals surface area contributed by atoms with E-state index in [9.17, 15) is 63.3 Å². The maximum atomic E-state index is 14.3. The number of aliphatic carboxylic acids is 1. The van der Waals surface area contributed by atoms with Gasteiger partial charge in [-0.3, -0.25) is 47.9 Å². The fourth-order valence-corrected chi connectivity index (χ4v) is 9.18. The van der Waals surface area contributed by atoms with Gasteiger partial charge in [0.2, 0.25) is 53.2 Å². The van der Waals surface area contributed by atoms with E-state index in [2.05, 4.69) is 56.4 Å². The van der Waals surface area contributed by atoms with E-state index in [1.54, 1.807) is 13.8 Å². The second kappa shape index (κ2) is 40.8. The molecule has 22 heteroatoms. The summed E-state index contributed by atoms with van der Waals surface area (Å²) in [5.41, 5.74) is 5.43. The molecule has 3 unspecified atom stereocenters. The van der Waals surface area contributed by atoms with E-state index in [1.165, 1.54) is 19.3 Å². The van der Waals surface area contributed by atoms with Crippen LogP contribution in [-0.4, -0.2) is 135 Å². The molecule has 0 bridgehead atoms. The molecule has 468 valence electrons. The summed E-state index contributed by atoms with van der Waals surface area (Å²) in [6, 6.07) is -9.82. The minimum atomic E-state index is -1.68. The Labute approximate surface area is 484 Å². The number of amides is 9. The fraction of sp³-hybridized carbons (Fsp3) is 0.831. The molecule has 81 heavy (non-hydrogen) atoms. The third-order valence-electron chi connectivity index (χ3n) is 14.4. The van der Waals surface area contributed by atoms with E-state index < -0.39 is 126 Å². The Balaban J connectivity index is 6.40. The van der Waals surface area contributed by atoms with E-state index in [4.69, 9.17) is 5.73 Å². The number of nitrogens with two attached hydrogens (primary N) is 1. The molecule has 11 atom stereocenters. The number of nitrogens with one attached hydrogen (secondary N) is 8. The van der Waals surface area contributed by atoms with Crippen molar-refractivity contribution < 1.29 is 63.3 Å². The highest BCUT2D eigenvalue weighted by molar-refractivity contribution is 5.98. The predicted octanol–water partition coefficient (Wildman–Crippen LogP) is 4.40. The van der Waals surface area contributed by atoms with Crippen LogP contribution in [-0.2, 0) is 47.9 Å². The van der Waals surface area contributed by atoms with Crippen LogP contribution >= 0.6 is 0 Å². The highest BCUT2D eigenvalue weighted by atomic mass is 16.4. The monoisotopic (exact) mass is 1150 g/mol. The van der Waals surface area contributed by atoms with Crippen molar-refractivity contribution >= 4 is 59.1 Å². The van der Waals surface area contributed by atoms with Crippen molar-refractivity contribution in [3.63, 3.8) is 0 Å². The zero-order valence-electron chi connectivity index (χ0n) is 51.7. The van der Waals surface area contributed by atoms with Crippen LogP contribution in [0.3, 0.4) is 0 Å². The van der Waals surface area contributed by atoms with Crippen LogP contribution in [0.4, 0.5) is 0 Å². The van der Waals surface area contributed by atoms with Crippen LogP contribution in [0.5, 0.6) is 0 Å². The van der Waals surface area contributed by atoms with E-state index in [1.807, 2.05) is 69.2 Å². The molecule has 13 N–H and O–H groups in total. The van der Waals surface area contributed by atoms with Crippen molar-refractivity contribution in [3.8, 4) is 0 Å². The van der Waals surface area contributed by atoms with Gasteiger partial charge in [0.05, 0.1) is 31.6 Å². The molecule has 0 aliphatic heterocycles. The molecule has 0 radical (unpaired) electrons. The van der Waals surface area contributed by atoms with Gasteiger partial charge in [0.25, 0.3) is 0 Å². The fourth-order valence-electron chi connectivity index (χ4n) is 9.18. The first-order chi connectivity index (χ1) is 37.8. The third-order valence-corrected chi connectivity index (χ3v) is 14.4. The highest BCUT2D eigenvalue weighted by Crippen LogP contribution is 2.18. The van der Waals surface area contributed by atoms with Crippen molar-refractivity contribution in [2.45, 2.75) is 267 Å². The number of carbonyl (C=O) groups is 10. The Morgan fingerprint density at radius 3 is 1.20 bits per heavy atom. The van der Waals surface area contributed by atoms with Gasteiger partial charge in [-0.1, -0.05) is 155 Å². The van der Waals surface area contributed by atoms with Gasteiger partial charge in [0.15, 0.2) is 0 Å². The van der Waals surface area contributed by atoms with Crippen LogP contribution in [0.1, 0.15) is 213 Å². The van der Waals surface area contributed by atoms with Gasteiger partial charge in [0, 0.05) is 6.42 Å². The Bertz CT molecular complexity index is 1950. The molecular formula is C59H109N9O13. The van der Waals surface area contributed by atoms with Gasteiger partial charge in [0.1, 0.15) is 42.3 Å². The first-order valence-electron chi connectivity index (χ1n) is 30.1. The summed E-state index contributed by atoms with van der Waals surface area (Å²) >= 11 is 0. The average Bonchev–Trinajstić information content (AvgIpc) is 3.36. The topological polar surface area (TPSA) is 354 Å². The lowest BCUT2D eigenvalue weighted by Crippen LogP contribution is -2.61. The number of primary amides is 1. The van der Waals surface area contributed by atoms with E-state index in [0.717, 1.165) is 38.0 Å². The van der Waals surface area contributed by atoms with Crippen molar-refractivity contribution in [1.82, 2.24) is 42.5 Å². The SMILES string of the molecule is CCC(C)CCCCCCCCC(O)CC(=O)N[C@@H](CCC(N)=O)C(=O)N[C@@H](CC(C)C)C(=O)N[C@@H](CC(C)C)C(=O)N[C@H](CC(C)C)C(=O)N[C@H](C(=O)N[C@@H](CC(=O)O)C(=O)N[C@H](CC(C)C)C(=O)N[C@H](CO)C(C)CC)C(C)C. The Hall–Kier alpha value is -5.38. The molecule has 0 aromatic heterocycles. The molecule has 22 nitrogen and oxygen atoms in total. The number of rotatable bonds is 44. The summed E-state index contributed by atoms with van der Waals surface area (Å²) in [6.45, 7) is 25.6. The van der Waals surface area contributed by atoms with Gasteiger partial charge in [-0.25, -0.2) is 0 Å². The minimum Gasteiger partial charge on any atom is -0.481 e. The number of carboxylic acid groups (broad SMARTS) is 1. The quantitative estimate of drug-likeness (QED) is 0.0377. The summed E-state index contributed by atoms with van der Waals surface area (Å²) in [4.78, 5) is 135. The predicted molar refractivity (Wildman–Crippen MR) is 312 cm³/mol. The number of hydrogen-bond acceptors (Lipinski definition) is 12. The standard InChI is InChI=1S/C59H109N9O13/c1-15-39(13)23-21-19-17-18-20-22-24-41(70)31-50(72)61-42(25-26-49(60)71)53(75)62-43(27-34(3)4)54(76)63-44(28-35(5)6)55(77)65-46(30-37(9)10)58(80)68-52(38(11)12)59(81)66-47(32-51(73)74)57(79)64-45(29-36(7)8)56(78)67-48(33-69)40(14)16-2/h34-48,52,69-70H,15-33H2,1-14H3,(H2,60,71)(H,61,72)(H,62,75)(H,63,76)(H,64,79)(H,65,77)(H,66,81)(H,67,78)(H,68,80)(H,73,74)/t39?,40?,41?,42-,43-,44-,45+,46+,47-,48+,52-/m0/s1. The molecule has 0 heterocycles. The summed E-state index contributed by atoms with van der Waals surface area (Å²) in [6.07, 6.45) is 7.45. The Morgan fingerprint density at radius 1 is 0.432 bits per heavy atom. The molecule has 0 aliphatic rings. The molecule has 0 spiro atoms. The number of aliphatic hydroxyl groups is 2. The summed E-state index contributed by atoms with van der Waals surface area (Å²) in [7, 11) is 0. The van der Waals surface area contributed by atoms with Crippen LogP contribution in [0.15, 0.2) is 0 Å². The molecule has 0 saturated heterocycles. The van der Waals surface area contributed by atoms with E-state index in [0.29, 0.717) is 12.8 Å². The average molecular weight is 1150 g/mol. The lowest BCUT2D eigenvalue weighted by molar-refractivity contribution is -0.141. The summed E-state index contributed by atoms with van der Waals surface area (Å²) in [5.74, 6) is -8.91.